The first-order chi connectivity index (χ1) is 16.3. The molecule has 3 aromatic carbocycles. The Hall–Kier alpha value is -2.83. The van der Waals surface area contributed by atoms with Gasteiger partial charge in [-0.15, -0.1) is 11.8 Å². The predicted molar refractivity (Wildman–Crippen MR) is 129 cm³/mol. The van der Waals surface area contributed by atoms with E-state index in [0.29, 0.717) is 19.4 Å². The lowest BCUT2D eigenvalue weighted by molar-refractivity contribution is 0.156. The van der Waals surface area contributed by atoms with Crippen molar-refractivity contribution in [2.45, 2.75) is 30.3 Å². The van der Waals surface area contributed by atoms with Crippen LogP contribution in [0.25, 0.3) is 0 Å². The summed E-state index contributed by atoms with van der Waals surface area (Å²) in [6, 6.07) is 19.4. The first-order valence-corrected chi connectivity index (χ1v) is 12.4. The van der Waals surface area contributed by atoms with E-state index in [0.717, 1.165) is 54.7 Å². The Labute approximate surface area is 198 Å². The predicted octanol–water partition coefficient (Wildman–Crippen LogP) is 5.25. The second-order valence-corrected chi connectivity index (χ2v) is 9.76. The fourth-order valence-corrected chi connectivity index (χ4v) is 5.89. The van der Waals surface area contributed by atoms with Crippen LogP contribution in [0.1, 0.15) is 28.3 Å². The third-order valence-corrected chi connectivity index (χ3v) is 7.74. The van der Waals surface area contributed by atoms with Gasteiger partial charge in [-0.25, -0.2) is 0 Å². The van der Waals surface area contributed by atoms with Crippen LogP contribution in [0.5, 0.6) is 23.0 Å². The van der Waals surface area contributed by atoms with Gasteiger partial charge in [-0.3, -0.25) is 4.90 Å². The van der Waals surface area contributed by atoms with Crippen LogP contribution in [0.15, 0.2) is 59.5 Å². The summed E-state index contributed by atoms with van der Waals surface area (Å²) in [5, 5.41) is 0. The number of ether oxygens (including phenoxy) is 4. The van der Waals surface area contributed by atoms with Crippen LogP contribution >= 0.6 is 11.8 Å². The molecule has 6 heteroatoms. The van der Waals surface area contributed by atoms with Gasteiger partial charge in [0.05, 0.1) is 13.7 Å². The van der Waals surface area contributed by atoms with Gasteiger partial charge in [-0.2, -0.15) is 0 Å². The highest BCUT2D eigenvalue weighted by molar-refractivity contribution is 7.99. The molecule has 0 bridgehead atoms. The number of methoxy groups -OCH3 is 1. The van der Waals surface area contributed by atoms with E-state index in [9.17, 15) is 0 Å². The number of thioether (sulfide) groups is 1. The van der Waals surface area contributed by atoms with E-state index >= 15 is 0 Å². The Balaban J connectivity index is 1.23. The molecule has 1 atom stereocenters. The quantitative estimate of drug-likeness (QED) is 0.369. The topological polar surface area (TPSA) is 40.2 Å². The lowest BCUT2D eigenvalue weighted by Gasteiger charge is -2.42. The van der Waals surface area contributed by atoms with Crippen LogP contribution < -0.4 is 18.9 Å². The van der Waals surface area contributed by atoms with Gasteiger partial charge in [0.1, 0.15) is 0 Å². The average Bonchev–Trinajstić information content (AvgIpc) is 3.32. The number of rotatable bonds is 6. The number of hydrogen-bond donors (Lipinski definition) is 0. The number of nitrogens with zero attached hydrogens (tertiary/aromatic N) is 1. The van der Waals surface area contributed by atoms with Crippen molar-refractivity contribution in [3.8, 4) is 23.0 Å². The van der Waals surface area contributed by atoms with Gasteiger partial charge < -0.3 is 18.9 Å². The molecule has 170 valence electrons. The Bertz CT molecular complexity index is 1170. The Morgan fingerprint density at radius 2 is 1.88 bits per heavy atom. The molecule has 3 heterocycles. The van der Waals surface area contributed by atoms with E-state index in [2.05, 4.69) is 53.4 Å². The average molecular weight is 462 g/mol. The zero-order chi connectivity index (χ0) is 22.2. The molecule has 0 spiro atoms. The van der Waals surface area contributed by atoms with Crippen molar-refractivity contribution < 1.29 is 18.9 Å². The van der Waals surface area contributed by atoms with Gasteiger partial charge in [0.2, 0.25) is 6.79 Å². The van der Waals surface area contributed by atoms with Crippen molar-refractivity contribution >= 4 is 11.8 Å². The lowest BCUT2D eigenvalue weighted by Crippen LogP contribution is -2.39. The number of fused-ring (bicyclic) bond motifs is 5. The molecule has 3 aromatic rings. The smallest absolute Gasteiger partial charge is 0.231 e. The first-order valence-electron chi connectivity index (χ1n) is 11.5. The van der Waals surface area contributed by atoms with Crippen LogP contribution in [-0.2, 0) is 19.4 Å². The molecule has 6 rings (SSSR count). The summed E-state index contributed by atoms with van der Waals surface area (Å²) >= 11 is 1.81. The van der Waals surface area contributed by atoms with Crippen LogP contribution in [0, 0.1) is 0 Å². The summed E-state index contributed by atoms with van der Waals surface area (Å²) in [4.78, 5) is 3.83. The second-order valence-electron chi connectivity index (χ2n) is 8.59. The van der Waals surface area contributed by atoms with E-state index in [1.54, 1.807) is 7.11 Å². The fraction of sp³-hybridized carbons (Fsp3) is 0.333. The van der Waals surface area contributed by atoms with Gasteiger partial charge >= 0.3 is 0 Å². The van der Waals surface area contributed by atoms with Gasteiger partial charge in [-0.1, -0.05) is 24.3 Å². The van der Waals surface area contributed by atoms with Crippen LogP contribution in [-0.4, -0.2) is 37.7 Å². The highest BCUT2D eigenvalue weighted by Gasteiger charge is 2.35. The molecule has 5 nitrogen and oxygen atoms in total. The maximum absolute atomic E-state index is 6.35. The molecule has 3 aliphatic rings. The summed E-state index contributed by atoms with van der Waals surface area (Å²) in [5.74, 6) is 4.36. The maximum atomic E-state index is 6.35. The minimum absolute atomic E-state index is 0.318. The normalized spacial score (nSPS) is 18.3. The standard InChI is InChI=1S/C27H27NO4S/c1-29-24-8-7-18-13-23-21-15-26-25(31-17-32-26)14-19(21)9-10-28(23)16-22(18)27(24)30-11-12-33-20-5-3-2-4-6-20/h2-8,14-15,23H,9-13,16-17H2,1H3. The second kappa shape index (κ2) is 8.84. The molecule has 0 saturated carbocycles. The monoisotopic (exact) mass is 461 g/mol. The molecular formula is C27H27NO4S. The third kappa shape index (κ3) is 3.91. The molecule has 1 unspecified atom stereocenters. The molecule has 33 heavy (non-hydrogen) atoms. The largest absolute Gasteiger partial charge is 0.493 e. The summed E-state index contributed by atoms with van der Waals surface area (Å²) in [5.41, 5.74) is 5.35. The van der Waals surface area contributed by atoms with Crippen molar-refractivity contribution in [3.05, 3.63) is 76.9 Å². The fourth-order valence-electron chi connectivity index (χ4n) is 5.13. The van der Waals surface area contributed by atoms with Crippen LogP contribution in [0.3, 0.4) is 0 Å². The van der Waals surface area contributed by atoms with E-state index in [1.165, 1.54) is 27.1 Å². The molecule has 0 saturated heterocycles. The molecule has 0 aliphatic carbocycles. The van der Waals surface area contributed by atoms with Gasteiger partial charge in [0.25, 0.3) is 0 Å². The van der Waals surface area contributed by atoms with Crippen molar-refractivity contribution in [1.82, 2.24) is 4.90 Å². The molecule has 0 fully saturated rings. The van der Waals surface area contributed by atoms with Gasteiger partial charge in [0.15, 0.2) is 23.0 Å². The van der Waals surface area contributed by atoms with Crippen molar-refractivity contribution in [2.24, 2.45) is 0 Å². The minimum Gasteiger partial charge on any atom is -0.493 e. The molecule has 3 aliphatic heterocycles. The van der Waals surface area contributed by atoms with Gasteiger partial charge in [-0.05, 0) is 59.9 Å². The summed E-state index contributed by atoms with van der Waals surface area (Å²) in [6.07, 6.45) is 1.98. The molecule has 0 radical (unpaired) electrons. The molecular weight excluding hydrogens is 434 g/mol. The highest BCUT2D eigenvalue weighted by atomic mass is 32.2. The Morgan fingerprint density at radius 1 is 1.03 bits per heavy atom. The Kier molecular flexibility index (Phi) is 5.56. The SMILES string of the molecule is COc1ccc2c(c1OCCSc1ccccc1)CN1CCc3cc4c(cc3C1C2)OCO4. The summed E-state index contributed by atoms with van der Waals surface area (Å²) in [6.45, 7) is 2.85. The van der Waals surface area contributed by atoms with Crippen LogP contribution in [0.4, 0.5) is 0 Å². The molecule has 0 aromatic heterocycles. The van der Waals surface area contributed by atoms with Crippen LogP contribution in [0.2, 0.25) is 0 Å². The Morgan fingerprint density at radius 3 is 2.73 bits per heavy atom. The summed E-state index contributed by atoms with van der Waals surface area (Å²) in [7, 11) is 1.72. The molecule has 0 N–H and O–H groups in total. The van der Waals surface area contributed by atoms with E-state index in [4.69, 9.17) is 18.9 Å². The summed E-state index contributed by atoms with van der Waals surface area (Å²) < 4.78 is 23.3. The van der Waals surface area contributed by atoms with E-state index < -0.39 is 0 Å². The number of hydrogen-bond acceptors (Lipinski definition) is 6. The zero-order valence-electron chi connectivity index (χ0n) is 18.7. The van der Waals surface area contributed by atoms with Crippen molar-refractivity contribution in [2.75, 3.05) is 32.8 Å². The minimum atomic E-state index is 0.318. The maximum Gasteiger partial charge on any atom is 0.231 e. The van der Waals surface area contributed by atoms with Crippen molar-refractivity contribution in [3.63, 3.8) is 0 Å². The molecule has 0 amide bonds. The number of benzene rings is 3. The van der Waals surface area contributed by atoms with E-state index in [-0.39, 0.29) is 0 Å². The van der Waals surface area contributed by atoms with E-state index in [1.807, 2.05) is 17.8 Å². The zero-order valence-corrected chi connectivity index (χ0v) is 19.5. The highest BCUT2D eigenvalue weighted by Crippen LogP contribution is 2.46. The first kappa shape index (κ1) is 20.8. The lowest BCUT2D eigenvalue weighted by atomic mass is 9.83. The van der Waals surface area contributed by atoms with Gasteiger partial charge in [0, 0.05) is 35.3 Å². The third-order valence-electron chi connectivity index (χ3n) is 6.76. The van der Waals surface area contributed by atoms with Crippen molar-refractivity contribution in [1.29, 1.82) is 0 Å².